The van der Waals surface area contributed by atoms with Crippen molar-refractivity contribution >= 4 is 49.2 Å². The predicted octanol–water partition coefficient (Wildman–Crippen LogP) is 7.71. The number of halogens is 2. The predicted molar refractivity (Wildman–Crippen MR) is 132 cm³/mol. The summed E-state index contributed by atoms with van der Waals surface area (Å²) in [6.45, 7) is 9.80. The molecule has 0 unspecified atom stereocenters. The summed E-state index contributed by atoms with van der Waals surface area (Å²) in [7, 11) is 0. The van der Waals surface area contributed by atoms with Crippen LogP contribution in [0.3, 0.4) is 0 Å². The number of carbonyl (C=O) groups excluding carboxylic acids is 3. The monoisotopic (exact) mass is 538 g/mol. The van der Waals surface area contributed by atoms with Gasteiger partial charge in [-0.05, 0) is 50.9 Å². The molecule has 0 N–H and O–H groups in total. The zero-order chi connectivity index (χ0) is 22.7. The molecule has 0 amide bonds. The van der Waals surface area contributed by atoms with Crippen LogP contribution in [-0.2, 0) is 14.4 Å². The number of hydrogen-bond acceptors (Lipinski definition) is 3. The highest BCUT2D eigenvalue weighted by atomic mass is 79.9. The van der Waals surface area contributed by atoms with Crippen molar-refractivity contribution in [3.63, 3.8) is 0 Å². The van der Waals surface area contributed by atoms with Gasteiger partial charge < -0.3 is 9.59 Å². The molecule has 1 aliphatic carbocycles. The molecule has 0 aromatic heterocycles. The molecule has 0 radical (unpaired) electrons. The van der Waals surface area contributed by atoms with Gasteiger partial charge in [0.2, 0.25) is 0 Å². The standard InChI is InChI=1S/2C8H15BrO.C8H14O/c2*1-3-4-8(6-9)5-7(2)10;1-2-3-7-4-5-8(9)6-7/h2*8H,3-6H2,1-2H3;7H,2-6H2,1H3/t2*8-;7-/m110/s1. The van der Waals surface area contributed by atoms with Gasteiger partial charge in [-0.25, -0.2) is 0 Å². The van der Waals surface area contributed by atoms with E-state index in [1.165, 1.54) is 25.7 Å². The fourth-order valence-electron chi connectivity index (χ4n) is 3.64. The molecule has 1 saturated carbocycles. The van der Waals surface area contributed by atoms with Crippen LogP contribution in [0.1, 0.15) is 105 Å². The van der Waals surface area contributed by atoms with Gasteiger partial charge in [0.05, 0.1) is 0 Å². The number of rotatable bonds is 12. The molecule has 1 rings (SSSR count). The maximum Gasteiger partial charge on any atom is 0.133 e. The first-order valence-corrected chi connectivity index (χ1v) is 13.6. The van der Waals surface area contributed by atoms with E-state index in [-0.39, 0.29) is 0 Å². The van der Waals surface area contributed by atoms with Crippen LogP contribution < -0.4 is 0 Å². The first-order valence-electron chi connectivity index (χ1n) is 11.4. The Labute approximate surface area is 196 Å². The Kier molecular flexibility index (Phi) is 22.8. The van der Waals surface area contributed by atoms with Crippen LogP contribution in [0.25, 0.3) is 0 Å². The molecule has 1 aliphatic rings. The third-order valence-electron chi connectivity index (χ3n) is 5.03. The quantitative estimate of drug-likeness (QED) is 0.238. The maximum atomic E-state index is 10.7. The molecule has 0 spiro atoms. The summed E-state index contributed by atoms with van der Waals surface area (Å²) in [6, 6.07) is 0. The lowest BCUT2D eigenvalue weighted by molar-refractivity contribution is -0.118. The minimum atomic E-state index is 0.304. The summed E-state index contributed by atoms with van der Waals surface area (Å²) in [6.07, 6.45) is 11.5. The lowest BCUT2D eigenvalue weighted by Crippen LogP contribution is -2.06. The van der Waals surface area contributed by atoms with Crippen LogP contribution in [0, 0.1) is 17.8 Å². The van der Waals surface area contributed by atoms with Gasteiger partial charge in [-0.15, -0.1) is 0 Å². The highest BCUT2D eigenvalue weighted by Gasteiger charge is 2.20. The number of ketones is 3. The van der Waals surface area contributed by atoms with Crippen LogP contribution in [0.2, 0.25) is 0 Å². The Morgan fingerprint density at radius 1 is 0.897 bits per heavy atom. The largest absolute Gasteiger partial charge is 0.300 e. The molecule has 1 fully saturated rings. The van der Waals surface area contributed by atoms with Gasteiger partial charge in [0, 0.05) is 36.3 Å². The van der Waals surface area contributed by atoms with Crippen molar-refractivity contribution < 1.29 is 14.4 Å². The van der Waals surface area contributed by atoms with Crippen LogP contribution in [-0.4, -0.2) is 28.0 Å². The van der Waals surface area contributed by atoms with E-state index in [0.717, 1.165) is 61.5 Å². The molecular formula is C24H44Br2O3. The second kappa shape index (κ2) is 21.2. The van der Waals surface area contributed by atoms with Crippen LogP contribution in [0.4, 0.5) is 0 Å². The highest BCUT2D eigenvalue weighted by molar-refractivity contribution is 9.09. The van der Waals surface area contributed by atoms with E-state index in [1.54, 1.807) is 13.8 Å². The van der Waals surface area contributed by atoms with Crippen molar-refractivity contribution in [2.45, 2.75) is 105 Å². The van der Waals surface area contributed by atoms with Gasteiger partial charge in [-0.1, -0.05) is 78.3 Å². The average molecular weight is 540 g/mol. The third kappa shape index (κ3) is 21.0. The first kappa shape index (κ1) is 31.2. The summed E-state index contributed by atoms with van der Waals surface area (Å²) in [5.74, 6) is 2.94. The summed E-state index contributed by atoms with van der Waals surface area (Å²) in [5.41, 5.74) is 0. The van der Waals surface area contributed by atoms with Gasteiger partial charge in [0.15, 0.2) is 0 Å². The SMILES string of the molecule is CCC[C@@H](CBr)CC(C)=O.CCC[C@@H](CBr)CC(C)=O.CCC[C@H]1CCC(=O)C1. The number of Topliss-reactive ketones (excluding diaryl/α,β-unsaturated/α-hetero) is 3. The Morgan fingerprint density at radius 3 is 1.59 bits per heavy atom. The van der Waals surface area contributed by atoms with Crippen molar-refractivity contribution in [2.24, 2.45) is 17.8 Å². The van der Waals surface area contributed by atoms with Crippen LogP contribution in [0.5, 0.6) is 0 Å². The van der Waals surface area contributed by atoms with Crippen LogP contribution >= 0.6 is 31.9 Å². The third-order valence-corrected chi connectivity index (χ3v) is 6.86. The van der Waals surface area contributed by atoms with Crippen molar-refractivity contribution in [3.8, 4) is 0 Å². The second-order valence-electron chi connectivity index (χ2n) is 8.37. The summed E-state index contributed by atoms with van der Waals surface area (Å²) >= 11 is 6.79. The lowest BCUT2D eigenvalue weighted by Gasteiger charge is -2.08. The van der Waals surface area contributed by atoms with Gasteiger partial charge >= 0.3 is 0 Å². The molecule has 0 bridgehead atoms. The zero-order valence-electron chi connectivity index (χ0n) is 19.4. The minimum absolute atomic E-state index is 0.304. The van der Waals surface area contributed by atoms with Gasteiger partial charge in [-0.3, -0.25) is 4.79 Å². The van der Waals surface area contributed by atoms with E-state index >= 15 is 0 Å². The van der Waals surface area contributed by atoms with Gasteiger partial charge in [-0.2, -0.15) is 0 Å². The lowest BCUT2D eigenvalue weighted by atomic mass is 10.0. The molecule has 3 atom stereocenters. The zero-order valence-corrected chi connectivity index (χ0v) is 22.6. The minimum Gasteiger partial charge on any atom is -0.300 e. The molecule has 29 heavy (non-hydrogen) atoms. The van der Waals surface area contributed by atoms with Crippen molar-refractivity contribution in [2.75, 3.05) is 10.7 Å². The molecule has 0 aromatic carbocycles. The van der Waals surface area contributed by atoms with E-state index in [2.05, 4.69) is 52.6 Å². The normalized spacial score (nSPS) is 17.5. The molecule has 0 saturated heterocycles. The Balaban J connectivity index is 0. The topological polar surface area (TPSA) is 51.2 Å². The summed E-state index contributed by atoms with van der Waals surface area (Å²) < 4.78 is 0. The molecule has 3 nitrogen and oxygen atoms in total. The number of hydrogen-bond donors (Lipinski definition) is 0. The molecule has 0 heterocycles. The van der Waals surface area contributed by atoms with E-state index < -0.39 is 0 Å². The fourth-order valence-corrected chi connectivity index (χ4v) is 4.75. The van der Waals surface area contributed by atoms with E-state index in [0.29, 0.717) is 29.2 Å². The van der Waals surface area contributed by atoms with Crippen LogP contribution in [0.15, 0.2) is 0 Å². The molecule has 172 valence electrons. The van der Waals surface area contributed by atoms with Gasteiger partial charge in [0.1, 0.15) is 17.3 Å². The second-order valence-corrected chi connectivity index (χ2v) is 9.66. The molecular weight excluding hydrogens is 496 g/mol. The van der Waals surface area contributed by atoms with Crippen molar-refractivity contribution in [1.29, 1.82) is 0 Å². The average Bonchev–Trinajstić information content (AvgIpc) is 3.06. The Hall–Kier alpha value is -0.0300. The highest BCUT2D eigenvalue weighted by Crippen LogP contribution is 2.25. The molecule has 5 heteroatoms. The van der Waals surface area contributed by atoms with Crippen molar-refractivity contribution in [1.82, 2.24) is 0 Å². The fraction of sp³-hybridized carbons (Fsp3) is 0.875. The first-order chi connectivity index (χ1) is 13.7. The Morgan fingerprint density at radius 2 is 1.34 bits per heavy atom. The molecule has 0 aliphatic heterocycles. The van der Waals surface area contributed by atoms with Crippen molar-refractivity contribution in [3.05, 3.63) is 0 Å². The van der Waals surface area contributed by atoms with E-state index in [4.69, 9.17) is 0 Å². The Bertz CT molecular complexity index is 412. The van der Waals surface area contributed by atoms with E-state index in [1.807, 2.05) is 0 Å². The number of alkyl halides is 2. The maximum absolute atomic E-state index is 10.7. The summed E-state index contributed by atoms with van der Waals surface area (Å²) in [5, 5.41) is 1.92. The van der Waals surface area contributed by atoms with Gasteiger partial charge in [0.25, 0.3) is 0 Å². The smallest absolute Gasteiger partial charge is 0.133 e. The van der Waals surface area contributed by atoms with E-state index in [9.17, 15) is 14.4 Å². The molecule has 0 aromatic rings. The number of carbonyl (C=O) groups is 3. The summed E-state index contributed by atoms with van der Waals surface area (Å²) in [4.78, 5) is 32.1.